The summed E-state index contributed by atoms with van der Waals surface area (Å²) in [5.41, 5.74) is -0.623. The van der Waals surface area contributed by atoms with Gasteiger partial charge >= 0.3 is 12.0 Å². The van der Waals surface area contributed by atoms with Crippen molar-refractivity contribution in [3.63, 3.8) is 0 Å². The number of hydrogen-bond acceptors (Lipinski definition) is 3. The van der Waals surface area contributed by atoms with Crippen LogP contribution in [0.25, 0.3) is 0 Å². The lowest BCUT2D eigenvalue weighted by molar-refractivity contribution is -0.139. The number of carbonyl (C=O) groups is 3. The molecule has 0 aromatic carbocycles. The molecule has 0 radical (unpaired) electrons. The van der Waals surface area contributed by atoms with E-state index in [0.29, 0.717) is 19.5 Å². The maximum atomic E-state index is 12.6. The lowest BCUT2D eigenvalue weighted by atomic mass is 10.1. The van der Waals surface area contributed by atoms with E-state index >= 15 is 0 Å². The highest BCUT2D eigenvalue weighted by molar-refractivity contribution is 5.89. The standard InChI is InChI=1S/C13H23N3O4/c1-5-9-11(19)14-6-7-15(9)12(20)16(8-10(17)18)13(2,3)4/h9H,5-8H2,1-4H3,(H,14,19)(H,17,18). The van der Waals surface area contributed by atoms with Gasteiger partial charge in [-0.1, -0.05) is 6.92 Å². The summed E-state index contributed by atoms with van der Waals surface area (Å²) in [6.07, 6.45) is 0.503. The third kappa shape index (κ3) is 3.61. The molecule has 2 N–H and O–H groups in total. The van der Waals surface area contributed by atoms with Crippen LogP contribution in [0.2, 0.25) is 0 Å². The van der Waals surface area contributed by atoms with Crippen LogP contribution in [-0.4, -0.2) is 64.0 Å². The van der Waals surface area contributed by atoms with Gasteiger partial charge in [-0.2, -0.15) is 0 Å². The minimum absolute atomic E-state index is 0.184. The van der Waals surface area contributed by atoms with E-state index in [-0.39, 0.29) is 12.5 Å². The van der Waals surface area contributed by atoms with Gasteiger partial charge in [0.1, 0.15) is 12.6 Å². The maximum Gasteiger partial charge on any atom is 0.323 e. The number of carbonyl (C=O) groups excluding carboxylic acids is 2. The van der Waals surface area contributed by atoms with Crippen LogP contribution in [0, 0.1) is 0 Å². The van der Waals surface area contributed by atoms with Crippen molar-refractivity contribution >= 4 is 17.9 Å². The second-order valence-corrected chi connectivity index (χ2v) is 5.84. The molecule has 0 aromatic heterocycles. The summed E-state index contributed by atoms with van der Waals surface area (Å²) in [6.45, 7) is 7.57. The van der Waals surface area contributed by atoms with Gasteiger partial charge in [0.25, 0.3) is 0 Å². The van der Waals surface area contributed by atoms with E-state index in [1.165, 1.54) is 9.80 Å². The third-order valence-corrected chi connectivity index (χ3v) is 3.30. The Kier molecular flexibility index (Phi) is 4.97. The Labute approximate surface area is 118 Å². The van der Waals surface area contributed by atoms with Crippen molar-refractivity contribution in [2.75, 3.05) is 19.6 Å². The van der Waals surface area contributed by atoms with E-state index in [1.54, 1.807) is 20.8 Å². The molecule has 0 spiro atoms. The molecule has 0 aromatic rings. The highest BCUT2D eigenvalue weighted by Crippen LogP contribution is 2.19. The summed E-state index contributed by atoms with van der Waals surface area (Å²) in [4.78, 5) is 38.1. The molecule has 3 amide bonds. The van der Waals surface area contributed by atoms with E-state index in [4.69, 9.17) is 5.11 Å². The van der Waals surface area contributed by atoms with Gasteiger partial charge in [0.2, 0.25) is 5.91 Å². The smallest absolute Gasteiger partial charge is 0.323 e. The van der Waals surface area contributed by atoms with Gasteiger partial charge in [-0.3, -0.25) is 9.59 Å². The van der Waals surface area contributed by atoms with Crippen molar-refractivity contribution < 1.29 is 19.5 Å². The Hall–Kier alpha value is -1.79. The minimum Gasteiger partial charge on any atom is -0.480 e. The van der Waals surface area contributed by atoms with E-state index in [1.807, 2.05) is 6.92 Å². The summed E-state index contributed by atoms with van der Waals surface area (Å²) < 4.78 is 0. The first kappa shape index (κ1) is 16.3. The fraction of sp³-hybridized carbons (Fsp3) is 0.769. The van der Waals surface area contributed by atoms with E-state index in [2.05, 4.69) is 5.32 Å². The zero-order chi connectivity index (χ0) is 15.5. The van der Waals surface area contributed by atoms with Crippen LogP contribution < -0.4 is 5.32 Å². The van der Waals surface area contributed by atoms with Gasteiger partial charge in [-0.25, -0.2) is 4.79 Å². The molecule has 0 saturated carbocycles. The largest absolute Gasteiger partial charge is 0.480 e. The molecule has 0 aliphatic carbocycles. The summed E-state index contributed by atoms with van der Waals surface area (Å²) in [5.74, 6) is -1.25. The zero-order valence-electron chi connectivity index (χ0n) is 12.5. The first-order chi connectivity index (χ1) is 9.18. The quantitative estimate of drug-likeness (QED) is 0.790. The first-order valence-corrected chi connectivity index (χ1v) is 6.76. The van der Waals surface area contributed by atoms with Crippen LogP contribution in [0.4, 0.5) is 4.79 Å². The predicted molar refractivity (Wildman–Crippen MR) is 73.3 cm³/mol. The first-order valence-electron chi connectivity index (χ1n) is 6.76. The van der Waals surface area contributed by atoms with Crippen LogP contribution in [0.5, 0.6) is 0 Å². The number of nitrogens with zero attached hydrogens (tertiary/aromatic N) is 2. The molecule has 1 saturated heterocycles. The molecule has 1 fully saturated rings. The minimum atomic E-state index is -1.07. The normalized spacial score (nSPS) is 19.5. The lowest BCUT2D eigenvalue weighted by Crippen LogP contribution is -2.62. The van der Waals surface area contributed by atoms with Gasteiger partial charge in [-0.15, -0.1) is 0 Å². The average molecular weight is 285 g/mol. The monoisotopic (exact) mass is 285 g/mol. The average Bonchev–Trinajstić information content (AvgIpc) is 2.33. The second-order valence-electron chi connectivity index (χ2n) is 5.84. The Morgan fingerprint density at radius 3 is 2.50 bits per heavy atom. The maximum absolute atomic E-state index is 12.6. The van der Waals surface area contributed by atoms with Crippen LogP contribution in [0.3, 0.4) is 0 Å². The summed E-state index contributed by atoms with van der Waals surface area (Å²) in [6, 6.07) is -0.934. The van der Waals surface area contributed by atoms with E-state index in [9.17, 15) is 14.4 Å². The van der Waals surface area contributed by atoms with Crippen LogP contribution >= 0.6 is 0 Å². The number of rotatable bonds is 3. The molecule has 1 unspecified atom stereocenters. The molecule has 1 rings (SSSR count). The molecule has 114 valence electrons. The van der Waals surface area contributed by atoms with Crippen molar-refractivity contribution in [1.29, 1.82) is 0 Å². The van der Waals surface area contributed by atoms with Crippen LogP contribution in [0.15, 0.2) is 0 Å². The number of aliphatic carboxylic acids is 1. The summed E-state index contributed by atoms with van der Waals surface area (Å²) >= 11 is 0. The predicted octanol–water partition coefficient (Wildman–Crippen LogP) is 0.502. The fourth-order valence-electron chi connectivity index (χ4n) is 2.23. The number of nitrogens with one attached hydrogen (secondary N) is 1. The number of carboxylic acids is 1. The van der Waals surface area contributed by atoms with Crippen LogP contribution in [0.1, 0.15) is 34.1 Å². The second kappa shape index (κ2) is 6.11. The molecule has 1 aliphatic rings. The van der Waals surface area contributed by atoms with Gasteiger partial charge in [0, 0.05) is 18.6 Å². The summed E-state index contributed by atoms with van der Waals surface area (Å²) in [7, 11) is 0. The number of urea groups is 1. The number of hydrogen-bond donors (Lipinski definition) is 2. The number of piperazine rings is 1. The Bertz CT molecular complexity index is 403. The molecular formula is C13H23N3O4. The van der Waals surface area contributed by atoms with Crippen molar-refractivity contribution in [2.24, 2.45) is 0 Å². The molecule has 1 aliphatic heterocycles. The highest BCUT2D eigenvalue weighted by Gasteiger charge is 2.38. The van der Waals surface area contributed by atoms with Crippen molar-refractivity contribution in [1.82, 2.24) is 15.1 Å². The summed E-state index contributed by atoms with van der Waals surface area (Å²) in [5, 5.41) is 11.7. The number of carboxylic acid groups (broad SMARTS) is 1. The van der Waals surface area contributed by atoms with Gasteiger partial charge < -0.3 is 20.2 Å². The fourth-order valence-corrected chi connectivity index (χ4v) is 2.23. The van der Waals surface area contributed by atoms with Crippen LogP contribution in [-0.2, 0) is 9.59 Å². The highest BCUT2D eigenvalue weighted by atomic mass is 16.4. The SMILES string of the molecule is CCC1C(=O)NCCN1C(=O)N(CC(=O)O)C(C)(C)C. The van der Waals surface area contributed by atoms with E-state index in [0.717, 1.165) is 0 Å². The number of amides is 3. The zero-order valence-corrected chi connectivity index (χ0v) is 12.5. The Morgan fingerprint density at radius 1 is 1.45 bits per heavy atom. The molecule has 20 heavy (non-hydrogen) atoms. The van der Waals surface area contributed by atoms with Crippen molar-refractivity contribution in [3.05, 3.63) is 0 Å². The van der Waals surface area contributed by atoms with Gasteiger partial charge in [0.15, 0.2) is 0 Å². The molecule has 7 nitrogen and oxygen atoms in total. The van der Waals surface area contributed by atoms with Crippen molar-refractivity contribution in [3.8, 4) is 0 Å². The van der Waals surface area contributed by atoms with Gasteiger partial charge in [0.05, 0.1) is 0 Å². The molecule has 1 heterocycles. The van der Waals surface area contributed by atoms with Crippen molar-refractivity contribution in [2.45, 2.75) is 45.7 Å². The van der Waals surface area contributed by atoms with E-state index < -0.39 is 23.6 Å². The molecule has 1 atom stereocenters. The molecule has 7 heteroatoms. The molecule has 0 bridgehead atoms. The van der Waals surface area contributed by atoms with Gasteiger partial charge in [-0.05, 0) is 27.2 Å². The lowest BCUT2D eigenvalue weighted by Gasteiger charge is -2.42. The molecular weight excluding hydrogens is 262 g/mol. The Balaban J connectivity index is 2.98. The topological polar surface area (TPSA) is 90.0 Å². The Morgan fingerprint density at radius 2 is 2.05 bits per heavy atom. The third-order valence-electron chi connectivity index (χ3n) is 3.30.